The number of likely N-dealkylation sites (N-methyl/N-ethyl adjacent to an activating group) is 1. The maximum absolute atomic E-state index is 12.7. The summed E-state index contributed by atoms with van der Waals surface area (Å²) < 4.78 is 26.5. The first-order chi connectivity index (χ1) is 11.8. The van der Waals surface area contributed by atoms with Gasteiger partial charge in [0.05, 0.1) is 11.6 Å². The van der Waals surface area contributed by atoms with E-state index in [-0.39, 0.29) is 34.6 Å². The van der Waals surface area contributed by atoms with Crippen molar-refractivity contribution in [1.82, 2.24) is 14.6 Å². The molecule has 0 saturated heterocycles. The number of nitrogens with one attached hydrogen (secondary N) is 1. The predicted molar refractivity (Wildman–Crippen MR) is 97.0 cm³/mol. The average Bonchev–Trinajstić information content (AvgIpc) is 2.60. The Labute approximate surface area is 156 Å². The van der Waals surface area contributed by atoms with Crippen molar-refractivity contribution in [1.29, 1.82) is 0 Å². The van der Waals surface area contributed by atoms with Crippen LogP contribution in [-0.2, 0) is 21.4 Å². The fraction of sp³-hybridized carbons (Fsp3) is 0.250. The SMILES string of the molecule is CCN(CC(=O)NCc1cccnc1)S(=O)(=O)c1cc(Cl)ccc1Cl. The third-order valence-electron chi connectivity index (χ3n) is 3.40. The number of pyridine rings is 1. The second-order valence-corrected chi connectivity index (χ2v) is 7.89. The fourth-order valence-corrected chi connectivity index (χ4v) is 4.24. The highest BCUT2D eigenvalue weighted by atomic mass is 35.5. The molecular weight excluding hydrogens is 385 g/mol. The zero-order chi connectivity index (χ0) is 18.4. The first-order valence-electron chi connectivity index (χ1n) is 7.45. The van der Waals surface area contributed by atoms with Crippen LogP contribution in [0.3, 0.4) is 0 Å². The molecule has 9 heteroatoms. The normalized spacial score (nSPS) is 11.5. The summed E-state index contributed by atoms with van der Waals surface area (Å²) >= 11 is 11.9. The Bertz CT molecular complexity index is 845. The fourth-order valence-electron chi connectivity index (χ4n) is 2.10. The molecule has 0 saturated carbocycles. The number of aromatic nitrogens is 1. The summed E-state index contributed by atoms with van der Waals surface area (Å²) in [7, 11) is -3.94. The van der Waals surface area contributed by atoms with Gasteiger partial charge in [-0.05, 0) is 29.8 Å². The molecule has 25 heavy (non-hydrogen) atoms. The second-order valence-electron chi connectivity index (χ2n) is 5.14. The van der Waals surface area contributed by atoms with Crippen molar-refractivity contribution in [2.24, 2.45) is 0 Å². The van der Waals surface area contributed by atoms with Gasteiger partial charge in [-0.1, -0.05) is 36.2 Å². The molecule has 1 aromatic heterocycles. The highest BCUT2D eigenvalue weighted by molar-refractivity contribution is 7.89. The number of benzene rings is 1. The van der Waals surface area contributed by atoms with E-state index in [0.717, 1.165) is 9.87 Å². The van der Waals surface area contributed by atoms with Crippen LogP contribution in [0.5, 0.6) is 0 Å². The lowest BCUT2D eigenvalue weighted by Crippen LogP contribution is -2.40. The largest absolute Gasteiger partial charge is 0.351 e. The lowest BCUT2D eigenvalue weighted by molar-refractivity contribution is -0.121. The number of rotatable bonds is 7. The molecule has 0 unspecified atom stereocenters. The molecule has 0 aliphatic rings. The quantitative estimate of drug-likeness (QED) is 0.773. The van der Waals surface area contributed by atoms with E-state index in [0.29, 0.717) is 0 Å². The number of sulfonamides is 1. The van der Waals surface area contributed by atoms with E-state index < -0.39 is 15.9 Å². The lowest BCUT2D eigenvalue weighted by Gasteiger charge is -2.20. The summed E-state index contributed by atoms with van der Waals surface area (Å²) in [5.74, 6) is -0.424. The Morgan fingerprint density at radius 2 is 2.04 bits per heavy atom. The van der Waals surface area contributed by atoms with Crippen LogP contribution in [0, 0.1) is 0 Å². The lowest BCUT2D eigenvalue weighted by atomic mass is 10.3. The molecule has 0 aliphatic heterocycles. The Balaban J connectivity index is 2.10. The molecule has 0 bridgehead atoms. The standard InChI is InChI=1S/C16H17Cl2N3O3S/c1-2-21(11-16(22)20-10-12-4-3-7-19-9-12)25(23,24)15-8-13(17)5-6-14(15)18/h3-9H,2,10-11H2,1H3,(H,20,22). The van der Waals surface area contributed by atoms with Crippen LogP contribution in [0.1, 0.15) is 12.5 Å². The van der Waals surface area contributed by atoms with Gasteiger partial charge < -0.3 is 5.32 Å². The average molecular weight is 402 g/mol. The van der Waals surface area contributed by atoms with Crippen LogP contribution >= 0.6 is 23.2 Å². The highest BCUT2D eigenvalue weighted by Gasteiger charge is 2.27. The smallest absolute Gasteiger partial charge is 0.245 e. The summed E-state index contributed by atoms with van der Waals surface area (Å²) in [4.78, 5) is 15.9. The number of hydrogen-bond donors (Lipinski definition) is 1. The van der Waals surface area contributed by atoms with Gasteiger partial charge in [-0.3, -0.25) is 9.78 Å². The number of halogens is 2. The van der Waals surface area contributed by atoms with Crippen LogP contribution in [0.25, 0.3) is 0 Å². The van der Waals surface area contributed by atoms with Crippen molar-refractivity contribution in [2.45, 2.75) is 18.4 Å². The van der Waals surface area contributed by atoms with E-state index in [9.17, 15) is 13.2 Å². The minimum absolute atomic E-state index is 0.0543. The number of amides is 1. The van der Waals surface area contributed by atoms with Gasteiger partial charge in [0.1, 0.15) is 4.90 Å². The number of carbonyl (C=O) groups is 1. The van der Waals surface area contributed by atoms with Crippen molar-refractivity contribution >= 4 is 39.1 Å². The van der Waals surface area contributed by atoms with Crippen LogP contribution in [-0.4, -0.2) is 36.7 Å². The highest BCUT2D eigenvalue weighted by Crippen LogP contribution is 2.27. The Kier molecular flexibility index (Phi) is 6.78. The van der Waals surface area contributed by atoms with Gasteiger partial charge in [-0.15, -0.1) is 0 Å². The van der Waals surface area contributed by atoms with E-state index in [2.05, 4.69) is 10.3 Å². The number of carbonyl (C=O) groups excluding carboxylic acids is 1. The maximum Gasteiger partial charge on any atom is 0.245 e. The first-order valence-corrected chi connectivity index (χ1v) is 9.65. The first kappa shape index (κ1) is 19.7. The molecule has 0 fully saturated rings. The van der Waals surface area contributed by atoms with Crippen LogP contribution in [0.15, 0.2) is 47.6 Å². The monoisotopic (exact) mass is 401 g/mol. The molecule has 2 aromatic rings. The molecule has 1 heterocycles. The zero-order valence-electron chi connectivity index (χ0n) is 13.4. The maximum atomic E-state index is 12.7. The van der Waals surface area contributed by atoms with E-state index in [1.54, 1.807) is 25.4 Å². The van der Waals surface area contributed by atoms with Crippen molar-refractivity contribution in [2.75, 3.05) is 13.1 Å². The van der Waals surface area contributed by atoms with E-state index in [1.807, 2.05) is 6.07 Å². The van der Waals surface area contributed by atoms with Crippen LogP contribution in [0.2, 0.25) is 10.0 Å². The zero-order valence-corrected chi connectivity index (χ0v) is 15.8. The molecule has 0 spiro atoms. The minimum atomic E-state index is -3.94. The minimum Gasteiger partial charge on any atom is -0.351 e. The summed E-state index contributed by atoms with van der Waals surface area (Å²) in [5, 5.41) is 2.97. The van der Waals surface area contributed by atoms with Gasteiger partial charge in [0.25, 0.3) is 0 Å². The third-order valence-corrected chi connectivity index (χ3v) is 6.03. The summed E-state index contributed by atoms with van der Waals surface area (Å²) in [5.41, 5.74) is 0.819. The van der Waals surface area contributed by atoms with Gasteiger partial charge in [0.15, 0.2) is 0 Å². The van der Waals surface area contributed by atoms with Gasteiger partial charge in [0, 0.05) is 30.5 Å². The van der Waals surface area contributed by atoms with Crippen LogP contribution in [0.4, 0.5) is 0 Å². The van der Waals surface area contributed by atoms with E-state index in [4.69, 9.17) is 23.2 Å². The third kappa shape index (κ3) is 5.15. The van der Waals surface area contributed by atoms with Gasteiger partial charge >= 0.3 is 0 Å². The molecule has 0 aliphatic carbocycles. The van der Waals surface area contributed by atoms with Gasteiger partial charge in [-0.25, -0.2) is 8.42 Å². The van der Waals surface area contributed by atoms with Crippen molar-refractivity contribution in [3.05, 3.63) is 58.3 Å². The van der Waals surface area contributed by atoms with E-state index in [1.165, 1.54) is 18.2 Å². The van der Waals surface area contributed by atoms with Crippen molar-refractivity contribution in [3.63, 3.8) is 0 Å². The summed E-state index contributed by atoms with van der Waals surface area (Å²) in [6.07, 6.45) is 3.26. The summed E-state index contributed by atoms with van der Waals surface area (Å²) in [6, 6.07) is 7.75. The molecule has 134 valence electrons. The Morgan fingerprint density at radius 3 is 2.68 bits per heavy atom. The molecule has 6 nitrogen and oxygen atoms in total. The topological polar surface area (TPSA) is 79.4 Å². The van der Waals surface area contributed by atoms with Gasteiger partial charge in [0.2, 0.25) is 15.9 Å². The van der Waals surface area contributed by atoms with Crippen molar-refractivity contribution < 1.29 is 13.2 Å². The molecule has 2 rings (SSSR count). The molecule has 1 N–H and O–H groups in total. The molecule has 0 radical (unpaired) electrons. The Hall–Kier alpha value is -1.67. The number of nitrogens with zero attached hydrogens (tertiary/aromatic N) is 2. The molecular formula is C16H17Cl2N3O3S. The molecule has 1 amide bonds. The molecule has 0 atom stereocenters. The predicted octanol–water partition coefficient (Wildman–Crippen LogP) is 2.72. The second kappa shape index (κ2) is 8.62. The number of hydrogen-bond acceptors (Lipinski definition) is 4. The summed E-state index contributed by atoms with van der Waals surface area (Å²) in [6.45, 7) is 1.71. The molecule has 1 aromatic carbocycles. The van der Waals surface area contributed by atoms with Crippen molar-refractivity contribution in [3.8, 4) is 0 Å². The van der Waals surface area contributed by atoms with Gasteiger partial charge in [-0.2, -0.15) is 4.31 Å². The Morgan fingerprint density at radius 1 is 1.28 bits per heavy atom. The van der Waals surface area contributed by atoms with Crippen LogP contribution < -0.4 is 5.32 Å². The van der Waals surface area contributed by atoms with E-state index >= 15 is 0 Å².